The normalized spacial score (nSPS) is 10.2. The number of thioether (sulfide) groups is 1. The fourth-order valence-corrected chi connectivity index (χ4v) is 1.54. The summed E-state index contributed by atoms with van der Waals surface area (Å²) >= 11 is 1.50. The molecule has 0 aliphatic carbocycles. The number of hydrogen-bond acceptors (Lipinski definition) is 4. The molecule has 0 spiro atoms. The van der Waals surface area contributed by atoms with Gasteiger partial charge in [0.2, 0.25) is 5.82 Å². The molecule has 1 aromatic heterocycles. The van der Waals surface area contributed by atoms with E-state index in [9.17, 15) is 4.79 Å². The third-order valence-electron chi connectivity index (χ3n) is 1.53. The maximum absolute atomic E-state index is 11.0. The van der Waals surface area contributed by atoms with Gasteiger partial charge in [-0.3, -0.25) is 9.36 Å². The van der Waals surface area contributed by atoms with Crippen LogP contribution in [0.15, 0.2) is 5.16 Å². The number of rotatable bonds is 3. The molecule has 0 amide bonds. The van der Waals surface area contributed by atoms with Gasteiger partial charge < -0.3 is 0 Å². The predicted molar refractivity (Wildman–Crippen MR) is 47.5 cm³/mol. The van der Waals surface area contributed by atoms with Crippen molar-refractivity contribution < 1.29 is 4.79 Å². The Balaban J connectivity index is 3.13. The van der Waals surface area contributed by atoms with Crippen molar-refractivity contribution in [3.8, 4) is 0 Å². The van der Waals surface area contributed by atoms with Crippen LogP contribution in [-0.4, -0.2) is 26.8 Å². The highest BCUT2D eigenvalue weighted by Crippen LogP contribution is 2.13. The molecule has 0 aliphatic heterocycles. The van der Waals surface area contributed by atoms with Crippen LogP contribution in [0.4, 0.5) is 0 Å². The largest absolute Gasteiger partial charge is 0.300 e. The van der Waals surface area contributed by atoms with E-state index in [2.05, 4.69) is 10.2 Å². The Labute approximate surface area is 75.4 Å². The molecule has 0 saturated carbocycles. The number of hydrogen-bond donors (Lipinski definition) is 0. The molecule has 0 N–H and O–H groups in total. The van der Waals surface area contributed by atoms with Crippen LogP contribution in [0, 0.1) is 0 Å². The van der Waals surface area contributed by atoms with Gasteiger partial charge in [0.25, 0.3) is 0 Å². The number of ketones is 1. The predicted octanol–water partition coefficient (Wildman–Crippen LogP) is 1.22. The van der Waals surface area contributed by atoms with E-state index in [1.165, 1.54) is 18.7 Å². The Hall–Kier alpha value is -0.840. The van der Waals surface area contributed by atoms with E-state index in [4.69, 9.17) is 0 Å². The second kappa shape index (κ2) is 3.71. The quantitative estimate of drug-likeness (QED) is 0.525. The number of carbonyl (C=O) groups is 1. The Kier molecular flexibility index (Phi) is 2.86. The summed E-state index contributed by atoms with van der Waals surface area (Å²) in [6.45, 7) is 4.20. The zero-order valence-electron chi connectivity index (χ0n) is 7.37. The summed E-state index contributed by atoms with van der Waals surface area (Å²) in [7, 11) is 0. The molecule has 12 heavy (non-hydrogen) atoms. The molecule has 5 heteroatoms. The first-order valence-corrected chi connectivity index (χ1v) is 4.91. The molecule has 1 aromatic rings. The Morgan fingerprint density at radius 2 is 2.25 bits per heavy atom. The molecule has 4 nitrogen and oxygen atoms in total. The number of carbonyl (C=O) groups excluding carboxylic acids is 1. The molecule has 0 atom stereocenters. The lowest BCUT2D eigenvalue weighted by Gasteiger charge is -2.01. The molecule has 0 radical (unpaired) electrons. The van der Waals surface area contributed by atoms with Crippen molar-refractivity contribution >= 4 is 17.5 Å². The summed E-state index contributed by atoms with van der Waals surface area (Å²) in [5.41, 5.74) is 0. The monoisotopic (exact) mass is 185 g/mol. The third-order valence-corrected chi connectivity index (χ3v) is 2.20. The van der Waals surface area contributed by atoms with Crippen LogP contribution in [0.1, 0.15) is 24.5 Å². The first-order valence-electron chi connectivity index (χ1n) is 3.68. The lowest BCUT2D eigenvalue weighted by Crippen LogP contribution is -2.06. The second-order valence-electron chi connectivity index (χ2n) is 2.31. The lowest BCUT2D eigenvalue weighted by atomic mass is 10.4. The number of aromatic nitrogens is 3. The third kappa shape index (κ3) is 1.50. The molecule has 0 fully saturated rings. The highest BCUT2D eigenvalue weighted by atomic mass is 32.2. The van der Waals surface area contributed by atoms with E-state index >= 15 is 0 Å². The summed E-state index contributed by atoms with van der Waals surface area (Å²) in [6.07, 6.45) is 1.92. The number of Topliss-reactive ketones (excluding diaryl/α,β-unsaturated/α-hetero) is 1. The highest BCUT2D eigenvalue weighted by Gasteiger charge is 2.12. The van der Waals surface area contributed by atoms with Gasteiger partial charge in [-0.15, -0.1) is 10.2 Å². The molecule has 0 saturated heterocycles. The zero-order valence-corrected chi connectivity index (χ0v) is 8.18. The SMILES string of the molecule is CCn1c(SC)nnc1C(C)=O. The van der Waals surface area contributed by atoms with Crippen molar-refractivity contribution in [3.63, 3.8) is 0 Å². The van der Waals surface area contributed by atoms with Crippen molar-refractivity contribution in [2.24, 2.45) is 0 Å². The van der Waals surface area contributed by atoms with E-state index in [-0.39, 0.29) is 5.78 Å². The van der Waals surface area contributed by atoms with Crippen LogP contribution in [0.5, 0.6) is 0 Å². The van der Waals surface area contributed by atoms with E-state index in [1.54, 1.807) is 0 Å². The Morgan fingerprint density at radius 1 is 1.58 bits per heavy atom. The minimum Gasteiger partial charge on any atom is -0.300 e. The summed E-state index contributed by atoms with van der Waals surface area (Å²) in [4.78, 5) is 11.0. The molecule has 1 rings (SSSR count). The molecule has 0 unspecified atom stereocenters. The van der Waals surface area contributed by atoms with Crippen molar-refractivity contribution in [1.29, 1.82) is 0 Å². The fraction of sp³-hybridized carbons (Fsp3) is 0.571. The standard InChI is InChI=1S/C7H11N3OS/c1-4-10-6(5(2)11)8-9-7(10)12-3/h4H2,1-3H3. The minimum atomic E-state index is -0.0374. The summed E-state index contributed by atoms with van der Waals surface area (Å²) in [6, 6.07) is 0. The van der Waals surface area contributed by atoms with Crippen LogP contribution in [0.3, 0.4) is 0 Å². The molecular formula is C7H11N3OS. The van der Waals surface area contributed by atoms with E-state index < -0.39 is 0 Å². The number of nitrogens with zero attached hydrogens (tertiary/aromatic N) is 3. The molecular weight excluding hydrogens is 174 g/mol. The van der Waals surface area contributed by atoms with Gasteiger partial charge >= 0.3 is 0 Å². The summed E-state index contributed by atoms with van der Waals surface area (Å²) in [5.74, 6) is 0.409. The second-order valence-corrected chi connectivity index (χ2v) is 3.08. The molecule has 0 aromatic carbocycles. The molecule has 1 heterocycles. The van der Waals surface area contributed by atoms with Gasteiger partial charge in [0.1, 0.15) is 0 Å². The summed E-state index contributed by atoms with van der Waals surface area (Å²) < 4.78 is 1.81. The maximum Gasteiger partial charge on any atom is 0.200 e. The fourth-order valence-electron chi connectivity index (χ4n) is 0.985. The van der Waals surface area contributed by atoms with E-state index in [1.807, 2.05) is 17.7 Å². The van der Waals surface area contributed by atoms with Crippen LogP contribution in [-0.2, 0) is 6.54 Å². The Bertz CT molecular complexity index is 295. The average molecular weight is 185 g/mol. The zero-order chi connectivity index (χ0) is 9.14. The van der Waals surface area contributed by atoms with Gasteiger partial charge in [-0.05, 0) is 13.2 Å². The van der Waals surface area contributed by atoms with Crippen molar-refractivity contribution in [3.05, 3.63) is 5.82 Å². The van der Waals surface area contributed by atoms with E-state index in [0.29, 0.717) is 5.82 Å². The Morgan fingerprint density at radius 3 is 2.67 bits per heavy atom. The van der Waals surface area contributed by atoms with Gasteiger partial charge in [0, 0.05) is 13.5 Å². The molecule has 0 bridgehead atoms. The minimum absolute atomic E-state index is 0.0374. The van der Waals surface area contributed by atoms with Crippen molar-refractivity contribution in [2.45, 2.75) is 25.5 Å². The van der Waals surface area contributed by atoms with Gasteiger partial charge in [-0.25, -0.2) is 0 Å². The first kappa shape index (κ1) is 9.25. The van der Waals surface area contributed by atoms with Gasteiger partial charge in [0.15, 0.2) is 10.9 Å². The average Bonchev–Trinajstić information content (AvgIpc) is 2.46. The smallest absolute Gasteiger partial charge is 0.200 e. The molecule has 0 aliphatic rings. The topological polar surface area (TPSA) is 47.8 Å². The van der Waals surface area contributed by atoms with Crippen LogP contribution < -0.4 is 0 Å². The van der Waals surface area contributed by atoms with E-state index in [0.717, 1.165) is 11.7 Å². The molecule has 66 valence electrons. The van der Waals surface area contributed by atoms with Crippen LogP contribution in [0.2, 0.25) is 0 Å². The van der Waals surface area contributed by atoms with Gasteiger partial charge in [-0.1, -0.05) is 11.8 Å². The van der Waals surface area contributed by atoms with Crippen molar-refractivity contribution in [1.82, 2.24) is 14.8 Å². The maximum atomic E-state index is 11.0. The van der Waals surface area contributed by atoms with Crippen LogP contribution in [0.25, 0.3) is 0 Å². The highest BCUT2D eigenvalue weighted by molar-refractivity contribution is 7.98. The van der Waals surface area contributed by atoms with Gasteiger partial charge in [0.05, 0.1) is 0 Å². The lowest BCUT2D eigenvalue weighted by molar-refractivity contribution is 0.0998. The van der Waals surface area contributed by atoms with Gasteiger partial charge in [-0.2, -0.15) is 0 Å². The van der Waals surface area contributed by atoms with Crippen molar-refractivity contribution in [2.75, 3.05) is 6.26 Å². The first-order chi connectivity index (χ1) is 5.70. The van der Waals surface area contributed by atoms with Crippen LogP contribution >= 0.6 is 11.8 Å². The summed E-state index contributed by atoms with van der Waals surface area (Å²) in [5, 5.41) is 8.48.